The molecule has 3 rings (SSSR count). The summed E-state index contributed by atoms with van der Waals surface area (Å²) in [6.45, 7) is 6.66. The third kappa shape index (κ3) is 4.17. The highest BCUT2D eigenvalue weighted by atomic mass is 32.1. The molecule has 2 aromatic heterocycles. The number of hydrogen-bond acceptors (Lipinski definition) is 2. The van der Waals surface area contributed by atoms with Crippen LogP contribution in [0, 0.1) is 6.92 Å². The number of aliphatic imine (C=N–C) groups is 1. The molecule has 5 heteroatoms. The highest BCUT2D eigenvalue weighted by Crippen LogP contribution is 2.18. The molecule has 24 heavy (non-hydrogen) atoms. The zero-order valence-corrected chi connectivity index (χ0v) is 15.0. The quantitative estimate of drug-likeness (QED) is 0.472. The summed E-state index contributed by atoms with van der Waals surface area (Å²) in [7, 11) is 0. The van der Waals surface area contributed by atoms with Crippen LogP contribution in [0.15, 0.2) is 47.6 Å². The Morgan fingerprint density at radius 3 is 2.83 bits per heavy atom. The van der Waals surface area contributed by atoms with Crippen molar-refractivity contribution in [3.63, 3.8) is 0 Å². The van der Waals surface area contributed by atoms with Crippen LogP contribution in [-0.2, 0) is 13.0 Å². The SMILES string of the molecule is CCNC(=NCc1ccc(C)s1)NCCc1c[nH]c2ccccc12. The minimum Gasteiger partial charge on any atom is -0.361 e. The van der Waals surface area contributed by atoms with E-state index in [4.69, 9.17) is 0 Å². The molecule has 0 saturated carbocycles. The Morgan fingerprint density at radius 1 is 1.17 bits per heavy atom. The summed E-state index contributed by atoms with van der Waals surface area (Å²) in [5.41, 5.74) is 2.53. The number of guanidine groups is 1. The van der Waals surface area contributed by atoms with E-state index in [1.165, 1.54) is 26.2 Å². The molecule has 0 aliphatic carbocycles. The third-order valence-corrected chi connectivity index (χ3v) is 4.88. The van der Waals surface area contributed by atoms with Crippen molar-refractivity contribution in [3.8, 4) is 0 Å². The Labute approximate surface area is 147 Å². The Balaban J connectivity index is 1.57. The van der Waals surface area contributed by atoms with Gasteiger partial charge in [0.25, 0.3) is 0 Å². The van der Waals surface area contributed by atoms with Crippen molar-refractivity contribution in [1.29, 1.82) is 0 Å². The van der Waals surface area contributed by atoms with E-state index in [0.717, 1.165) is 32.0 Å². The van der Waals surface area contributed by atoms with Crippen LogP contribution in [0.3, 0.4) is 0 Å². The highest BCUT2D eigenvalue weighted by Gasteiger charge is 2.04. The number of nitrogens with one attached hydrogen (secondary N) is 3. The molecule has 3 N–H and O–H groups in total. The molecule has 0 fully saturated rings. The first-order chi connectivity index (χ1) is 11.8. The molecular weight excluding hydrogens is 316 g/mol. The van der Waals surface area contributed by atoms with Crippen LogP contribution in [0.5, 0.6) is 0 Å². The zero-order valence-electron chi connectivity index (χ0n) is 14.2. The highest BCUT2D eigenvalue weighted by molar-refractivity contribution is 7.11. The zero-order chi connectivity index (χ0) is 16.8. The predicted molar refractivity (Wildman–Crippen MR) is 104 cm³/mol. The Kier molecular flexibility index (Phi) is 5.54. The van der Waals surface area contributed by atoms with Crippen LogP contribution < -0.4 is 10.6 Å². The maximum atomic E-state index is 4.68. The molecule has 0 aliphatic heterocycles. The maximum absolute atomic E-state index is 4.68. The fraction of sp³-hybridized carbons (Fsp3) is 0.316. The van der Waals surface area contributed by atoms with Gasteiger partial charge in [0.1, 0.15) is 0 Å². The van der Waals surface area contributed by atoms with Gasteiger partial charge in [-0.05, 0) is 44.0 Å². The summed E-state index contributed by atoms with van der Waals surface area (Å²) < 4.78 is 0. The molecule has 0 radical (unpaired) electrons. The summed E-state index contributed by atoms with van der Waals surface area (Å²) in [6.07, 6.45) is 3.07. The van der Waals surface area contributed by atoms with Gasteiger partial charge < -0.3 is 15.6 Å². The van der Waals surface area contributed by atoms with Crippen LogP contribution in [0.2, 0.25) is 0 Å². The molecule has 0 saturated heterocycles. The number of nitrogens with zero attached hydrogens (tertiary/aromatic N) is 1. The van der Waals surface area contributed by atoms with Crippen LogP contribution in [0.25, 0.3) is 10.9 Å². The number of benzene rings is 1. The standard InChI is InChI=1S/C19H24N4S/c1-3-20-19(23-13-16-9-8-14(2)24-16)21-11-10-15-12-22-18-7-5-4-6-17(15)18/h4-9,12,22H,3,10-11,13H2,1-2H3,(H2,20,21,23). The van der Waals surface area contributed by atoms with E-state index in [2.05, 4.69) is 77.1 Å². The van der Waals surface area contributed by atoms with Crippen molar-refractivity contribution >= 4 is 28.2 Å². The number of hydrogen-bond donors (Lipinski definition) is 3. The van der Waals surface area contributed by atoms with Crippen molar-refractivity contribution < 1.29 is 0 Å². The van der Waals surface area contributed by atoms with Crippen molar-refractivity contribution in [2.45, 2.75) is 26.8 Å². The topological polar surface area (TPSA) is 52.2 Å². The van der Waals surface area contributed by atoms with Gasteiger partial charge in [-0.2, -0.15) is 0 Å². The number of aryl methyl sites for hydroxylation is 1. The van der Waals surface area contributed by atoms with Gasteiger partial charge in [0.2, 0.25) is 0 Å². The predicted octanol–water partition coefficient (Wildman–Crippen LogP) is 3.84. The molecule has 0 amide bonds. The summed E-state index contributed by atoms with van der Waals surface area (Å²) in [5, 5.41) is 8.04. The Morgan fingerprint density at radius 2 is 2.04 bits per heavy atom. The van der Waals surface area contributed by atoms with Gasteiger partial charge in [0.05, 0.1) is 6.54 Å². The molecule has 0 aliphatic rings. The van der Waals surface area contributed by atoms with Crippen LogP contribution in [0.1, 0.15) is 22.2 Å². The van der Waals surface area contributed by atoms with E-state index in [0.29, 0.717) is 0 Å². The second-order valence-electron chi connectivity index (χ2n) is 5.74. The van der Waals surface area contributed by atoms with Crippen LogP contribution in [0.4, 0.5) is 0 Å². The second kappa shape index (κ2) is 8.02. The number of thiophene rings is 1. The first-order valence-corrected chi connectivity index (χ1v) is 9.20. The van der Waals surface area contributed by atoms with Crippen molar-refractivity contribution in [3.05, 3.63) is 57.9 Å². The van der Waals surface area contributed by atoms with Crippen molar-refractivity contribution in [2.24, 2.45) is 4.99 Å². The van der Waals surface area contributed by atoms with E-state index >= 15 is 0 Å². The second-order valence-corrected chi connectivity index (χ2v) is 7.12. The lowest BCUT2D eigenvalue weighted by Gasteiger charge is -2.10. The van der Waals surface area contributed by atoms with Crippen molar-refractivity contribution in [2.75, 3.05) is 13.1 Å². The van der Waals surface area contributed by atoms with Gasteiger partial charge in [-0.15, -0.1) is 11.3 Å². The smallest absolute Gasteiger partial charge is 0.191 e. The number of rotatable bonds is 6. The molecule has 0 unspecified atom stereocenters. The Hall–Kier alpha value is -2.27. The lowest BCUT2D eigenvalue weighted by Crippen LogP contribution is -2.38. The number of aromatic nitrogens is 1. The minimum absolute atomic E-state index is 0.723. The van der Waals surface area contributed by atoms with E-state index in [9.17, 15) is 0 Å². The summed E-state index contributed by atoms with van der Waals surface area (Å²) in [4.78, 5) is 10.6. The molecule has 1 aromatic carbocycles. The van der Waals surface area contributed by atoms with E-state index in [-0.39, 0.29) is 0 Å². The molecule has 4 nitrogen and oxygen atoms in total. The molecular formula is C19H24N4S. The summed E-state index contributed by atoms with van der Waals surface area (Å²) in [5.74, 6) is 0.878. The van der Waals surface area contributed by atoms with Gasteiger partial charge in [0.15, 0.2) is 5.96 Å². The largest absolute Gasteiger partial charge is 0.361 e. The molecule has 0 spiro atoms. The number of H-pyrrole nitrogens is 1. The molecule has 0 atom stereocenters. The maximum Gasteiger partial charge on any atom is 0.191 e. The lowest BCUT2D eigenvalue weighted by molar-refractivity contribution is 0.803. The summed E-state index contributed by atoms with van der Waals surface area (Å²) in [6, 6.07) is 12.7. The fourth-order valence-corrected chi connectivity index (χ4v) is 3.54. The number of para-hydroxylation sites is 1. The van der Waals surface area contributed by atoms with Crippen LogP contribution >= 0.6 is 11.3 Å². The van der Waals surface area contributed by atoms with E-state index in [1.54, 1.807) is 11.3 Å². The normalized spacial score (nSPS) is 11.8. The van der Waals surface area contributed by atoms with E-state index < -0.39 is 0 Å². The minimum atomic E-state index is 0.723. The van der Waals surface area contributed by atoms with Gasteiger partial charge in [-0.25, -0.2) is 4.99 Å². The molecule has 2 heterocycles. The van der Waals surface area contributed by atoms with Gasteiger partial charge in [-0.3, -0.25) is 0 Å². The molecule has 126 valence electrons. The van der Waals surface area contributed by atoms with Gasteiger partial charge >= 0.3 is 0 Å². The monoisotopic (exact) mass is 340 g/mol. The average molecular weight is 340 g/mol. The average Bonchev–Trinajstić information content (AvgIpc) is 3.19. The van der Waals surface area contributed by atoms with E-state index in [1.807, 2.05) is 0 Å². The third-order valence-electron chi connectivity index (χ3n) is 3.89. The van der Waals surface area contributed by atoms with Gasteiger partial charge in [0, 0.05) is 39.9 Å². The first-order valence-electron chi connectivity index (χ1n) is 8.38. The van der Waals surface area contributed by atoms with Crippen molar-refractivity contribution in [1.82, 2.24) is 15.6 Å². The molecule has 0 bridgehead atoms. The summed E-state index contributed by atoms with van der Waals surface area (Å²) >= 11 is 1.80. The number of fused-ring (bicyclic) bond motifs is 1. The first kappa shape index (κ1) is 16.6. The number of aromatic amines is 1. The fourth-order valence-electron chi connectivity index (χ4n) is 2.72. The van der Waals surface area contributed by atoms with Crippen LogP contribution in [-0.4, -0.2) is 24.0 Å². The van der Waals surface area contributed by atoms with Gasteiger partial charge in [-0.1, -0.05) is 18.2 Å². The Bertz CT molecular complexity index is 816. The lowest BCUT2D eigenvalue weighted by atomic mass is 10.1. The molecule has 3 aromatic rings.